The number of pyridine rings is 1. The molecule has 0 aliphatic carbocycles. The Morgan fingerprint density at radius 1 is 1.10 bits per heavy atom. The Bertz CT molecular complexity index is 1270. The second kappa shape index (κ2) is 8.11. The summed E-state index contributed by atoms with van der Waals surface area (Å²) in [6.07, 6.45) is -4.90. The Morgan fingerprint density at radius 2 is 1.74 bits per heavy atom. The van der Waals surface area contributed by atoms with Crippen LogP contribution < -0.4 is 5.56 Å². The normalized spacial score (nSPS) is 11.2. The number of rotatable bonds is 4. The smallest absolute Gasteiger partial charge is 0.417 e. The highest BCUT2D eigenvalue weighted by molar-refractivity contribution is 5.88. The molecule has 1 aromatic heterocycles. The molecule has 0 atom stereocenters. The summed E-state index contributed by atoms with van der Waals surface area (Å²) >= 11 is 0. The van der Waals surface area contributed by atoms with Gasteiger partial charge >= 0.3 is 12.1 Å². The number of aryl methyl sites for hydroxylation is 2. The van der Waals surface area contributed by atoms with Crippen LogP contribution in [-0.4, -0.2) is 15.6 Å². The molecule has 0 amide bonds. The van der Waals surface area contributed by atoms with Crippen molar-refractivity contribution in [2.45, 2.75) is 26.6 Å². The molecular weight excluding hydrogens is 409 g/mol. The lowest BCUT2D eigenvalue weighted by Gasteiger charge is -2.18. The molecule has 31 heavy (non-hydrogen) atoms. The number of benzene rings is 2. The number of carboxylic acid groups (broad SMARTS) is 1. The van der Waals surface area contributed by atoms with Crippen molar-refractivity contribution in [3.05, 3.63) is 92.3 Å². The zero-order valence-electron chi connectivity index (χ0n) is 16.6. The van der Waals surface area contributed by atoms with Crippen LogP contribution in [0.5, 0.6) is 0 Å². The fourth-order valence-electron chi connectivity index (χ4n) is 3.35. The SMILES string of the molecule is Cc1ccc(Cn2c(-c3ccc(C(=O)O)cc3)cc(C(F)(F)F)c(C#N)c2=O)c(C)c1. The number of nitrogens with zero attached hydrogens (tertiary/aromatic N) is 2. The van der Waals surface area contributed by atoms with Gasteiger partial charge in [0.05, 0.1) is 23.4 Å². The molecule has 0 saturated carbocycles. The maximum absolute atomic E-state index is 13.6. The molecule has 2 aromatic carbocycles. The van der Waals surface area contributed by atoms with Crippen LogP contribution in [0.2, 0.25) is 0 Å². The van der Waals surface area contributed by atoms with Crippen LogP contribution in [0.4, 0.5) is 13.2 Å². The van der Waals surface area contributed by atoms with Gasteiger partial charge in [0.15, 0.2) is 0 Å². The lowest BCUT2D eigenvalue weighted by Crippen LogP contribution is -2.29. The number of halogens is 3. The highest BCUT2D eigenvalue weighted by Crippen LogP contribution is 2.34. The number of hydrogen-bond donors (Lipinski definition) is 1. The lowest BCUT2D eigenvalue weighted by molar-refractivity contribution is -0.137. The van der Waals surface area contributed by atoms with Crippen LogP contribution in [0, 0.1) is 25.2 Å². The van der Waals surface area contributed by atoms with Gasteiger partial charge in [-0.15, -0.1) is 0 Å². The zero-order chi connectivity index (χ0) is 22.9. The Labute approximate surface area is 175 Å². The van der Waals surface area contributed by atoms with E-state index in [1.807, 2.05) is 26.0 Å². The summed E-state index contributed by atoms with van der Waals surface area (Å²) in [4.78, 5) is 24.1. The van der Waals surface area contributed by atoms with Gasteiger partial charge in [-0.1, -0.05) is 35.9 Å². The van der Waals surface area contributed by atoms with E-state index in [0.717, 1.165) is 21.8 Å². The maximum Gasteiger partial charge on any atom is 0.417 e. The fraction of sp³-hybridized carbons (Fsp3) is 0.174. The summed E-state index contributed by atoms with van der Waals surface area (Å²) in [6.45, 7) is 3.67. The van der Waals surface area contributed by atoms with Crippen molar-refractivity contribution in [2.75, 3.05) is 0 Å². The van der Waals surface area contributed by atoms with Crippen LogP contribution in [0.25, 0.3) is 11.3 Å². The van der Waals surface area contributed by atoms with Gasteiger partial charge < -0.3 is 9.67 Å². The molecule has 5 nitrogen and oxygen atoms in total. The summed E-state index contributed by atoms with van der Waals surface area (Å²) in [5.74, 6) is -1.19. The first-order valence-corrected chi connectivity index (χ1v) is 9.18. The molecule has 0 saturated heterocycles. The lowest BCUT2D eigenvalue weighted by atomic mass is 10.0. The van der Waals surface area contributed by atoms with E-state index in [-0.39, 0.29) is 23.4 Å². The first-order chi connectivity index (χ1) is 14.5. The number of alkyl halides is 3. The van der Waals surface area contributed by atoms with E-state index < -0.39 is 28.8 Å². The third-order valence-corrected chi connectivity index (χ3v) is 4.97. The molecule has 158 valence electrons. The van der Waals surface area contributed by atoms with E-state index in [2.05, 4.69) is 0 Å². The summed E-state index contributed by atoms with van der Waals surface area (Å²) in [5.41, 5.74) is -0.709. The zero-order valence-corrected chi connectivity index (χ0v) is 16.6. The molecule has 0 bridgehead atoms. The van der Waals surface area contributed by atoms with Gasteiger partial charge in [-0.05, 0) is 48.7 Å². The molecule has 3 rings (SSSR count). The molecule has 1 N–H and O–H groups in total. The van der Waals surface area contributed by atoms with E-state index in [1.165, 1.54) is 30.3 Å². The van der Waals surface area contributed by atoms with Crippen LogP contribution in [0.3, 0.4) is 0 Å². The van der Waals surface area contributed by atoms with Crippen molar-refractivity contribution < 1.29 is 23.1 Å². The molecule has 0 unspecified atom stereocenters. The van der Waals surface area contributed by atoms with Gasteiger partial charge in [0.2, 0.25) is 0 Å². The summed E-state index contributed by atoms with van der Waals surface area (Å²) in [7, 11) is 0. The predicted octanol–water partition coefficient (Wildman–Crippen LogP) is 4.77. The van der Waals surface area contributed by atoms with E-state index in [1.54, 1.807) is 6.07 Å². The third kappa shape index (κ3) is 4.36. The van der Waals surface area contributed by atoms with E-state index in [4.69, 9.17) is 5.11 Å². The molecule has 1 heterocycles. The molecule has 0 spiro atoms. The Kier molecular flexibility index (Phi) is 5.71. The van der Waals surface area contributed by atoms with Gasteiger partial charge in [0.1, 0.15) is 11.6 Å². The van der Waals surface area contributed by atoms with E-state index in [0.29, 0.717) is 5.56 Å². The first kappa shape index (κ1) is 21.8. The van der Waals surface area contributed by atoms with Gasteiger partial charge in [-0.3, -0.25) is 4.79 Å². The van der Waals surface area contributed by atoms with Crippen LogP contribution in [-0.2, 0) is 12.7 Å². The Balaban J connectivity index is 2.30. The number of nitriles is 1. The van der Waals surface area contributed by atoms with Crippen molar-refractivity contribution in [2.24, 2.45) is 0 Å². The molecule has 0 aliphatic heterocycles. The topological polar surface area (TPSA) is 83.1 Å². The van der Waals surface area contributed by atoms with Crippen molar-refractivity contribution in [1.82, 2.24) is 4.57 Å². The average molecular weight is 426 g/mol. The standard InChI is InChI=1S/C23H17F3N2O3/c1-13-3-4-17(14(2)9-13)12-28-20(15-5-7-16(8-6-15)22(30)31)10-19(23(24,25)26)18(11-27)21(28)29/h3-10H,12H2,1-2H3,(H,30,31). The summed E-state index contributed by atoms with van der Waals surface area (Å²) in [5, 5.41) is 18.3. The van der Waals surface area contributed by atoms with Gasteiger partial charge in [0.25, 0.3) is 5.56 Å². The van der Waals surface area contributed by atoms with Crippen molar-refractivity contribution in [3.63, 3.8) is 0 Å². The van der Waals surface area contributed by atoms with E-state index in [9.17, 15) is 28.0 Å². The maximum atomic E-state index is 13.6. The highest BCUT2D eigenvalue weighted by Gasteiger charge is 2.36. The molecule has 0 aliphatic rings. The number of aromatic nitrogens is 1. The molecule has 0 radical (unpaired) electrons. The van der Waals surface area contributed by atoms with Gasteiger partial charge in [-0.25, -0.2) is 4.79 Å². The minimum absolute atomic E-state index is 0.0447. The second-order valence-electron chi connectivity index (χ2n) is 7.13. The largest absolute Gasteiger partial charge is 0.478 e. The Morgan fingerprint density at radius 3 is 2.26 bits per heavy atom. The summed E-state index contributed by atoms with van der Waals surface area (Å²) in [6, 6.07) is 12.8. The van der Waals surface area contributed by atoms with Crippen molar-refractivity contribution in [1.29, 1.82) is 5.26 Å². The number of carbonyl (C=O) groups is 1. The minimum Gasteiger partial charge on any atom is -0.478 e. The predicted molar refractivity (Wildman–Crippen MR) is 108 cm³/mol. The minimum atomic E-state index is -4.90. The number of hydrogen-bond acceptors (Lipinski definition) is 3. The monoisotopic (exact) mass is 426 g/mol. The second-order valence-corrected chi connectivity index (χ2v) is 7.13. The quantitative estimate of drug-likeness (QED) is 0.652. The fourth-order valence-corrected chi connectivity index (χ4v) is 3.35. The number of carboxylic acids is 1. The van der Waals surface area contributed by atoms with Crippen molar-refractivity contribution >= 4 is 5.97 Å². The average Bonchev–Trinajstić information content (AvgIpc) is 2.70. The first-order valence-electron chi connectivity index (χ1n) is 9.18. The number of aromatic carboxylic acids is 1. The molecule has 8 heteroatoms. The molecule has 0 fully saturated rings. The highest BCUT2D eigenvalue weighted by atomic mass is 19.4. The van der Waals surface area contributed by atoms with Gasteiger partial charge in [0, 0.05) is 0 Å². The summed E-state index contributed by atoms with van der Waals surface area (Å²) < 4.78 is 41.8. The van der Waals surface area contributed by atoms with Crippen LogP contribution >= 0.6 is 0 Å². The third-order valence-electron chi connectivity index (χ3n) is 4.97. The molecular formula is C23H17F3N2O3. The van der Waals surface area contributed by atoms with E-state index >= 15 is 0 Å². The molecule has 3 aromatic rings. The van der Waals surface area contributed by atoms with Gasteiger partial charge in [-0.2, -0.15) is 18.4 Å². The van der Waals surface area contributed by atoms with Crippen molar-refractivity contribution in [3.8, 4) is 17.3 Å². The van der Waals surface area contributed by atoms with Crippen LogP contribution in [0.1, 0.15) is 38.2 Å². The Hall–Kier alpha value is -3.86. The van der Waals surface area contributed by atoms with Crippen LogP contribution in [0.15, 0.2) is 53.3 Å².